The van der Waals surface area contributed by atoms with E-state index in [9.17, 15) is 28.1 Å². The number of esters is 1. The Labute approximate surface area is 195 Å². The molecule has 34 heavy (non-hydrogen) atoms. The summed E-state index contributed by atoms with van der Waals surface area (Å²) in [4.78, 5) is 35.0. The normalized spacial score (nSPS) is 13.1. The topological polar surface area (TPSA) is 124 Å². The number of Topliss-reactive ketones (excluding diaryl/α,β-unsaturated/α-hetero) is 1. The van der Waals surface area contributed by atoms with Crippen LogP contribution in [0.25, 0.3) is 0 Å². The van der Waals surface area contributed by atoms with Crippen molar-refractivity contribution in [2.24, 2.45) is 0 Å². The van der Waals surface area contributed by atoms with E-state index in [-0.39, 0.29) is 21.7 Å². The second kappa shape index (κ2) is 9.44. The van der Waals surface area contributed by atoms with Gasteiger partial charge in [0.05, 0.1) is 21.1 Å². The Kier molecular flexibility index (Phi) is 6.42. The Hall–Kier alpha value is -4.05. The molecule has 0 aromatic heterocycles. The zero-order chi connectivity index (χ0) is 24.3. The Morgan fingerprint density at radius 3 is 2.50 bits per heavy atom. The zero-order valence-electron chi connectivity index (χ0n) is 17.9. The standard InChI is InChI=1S/C24H20N2O7S/c27-23(18-7-3-10-20(14-18)26(29)30)16-33-24(28)19-8-4-11-21(15-19)34(31,32)25-13-5-9-17-6-1-2-12-22(17)25/h1-4,6-8,10-12,14-15H,5,9,13,16H2. The molecule has 1 aliphatic rings. The lowest BCUT2D eigenvalue weighted by molar-refractivity contribution is -0.384. The second-order valence-electron chi connectivity index (χ2n) is 7.64. The number of fused-ring (bicyclic) bond motifs is 1. The van der Waals surface area contributed by atoms with Gasteiger partial charge in [-0.3, -0.25) is 19.2 Å². The third kappa shape index (κ3) is 4.67. The van der Waals surface area contributed by atoms with E-state index in [0.29, 0.717) is 18.7 Å². The molecule has 9 nitrogen and oxygen atoms in total. The molecule has 0 atom stereocenters. The highest BCUT2D eigenvalue weighted by molar-refractivity contribution is 7.92. The molecule has 1 heterocycles. The molecule has 174 valence electrons. The van der Waals surface area contributed by atoms with Gasteiger partial charge in [0.15, 0.2) is 6.61 Å². The number of ether oxygens (including phenoxy) is 1. The van der Waals surface area contributed by atoms with Gasteiger partial charge in [0.25, 0.3) is 15.7 Å². The van der Waals surface area contributed by atoms with Crippen LogP contribution in [0.2, 0.25) is 0 Å². The van der Waals surface area contributed by atoms with Gasteiger partial charge >= 0.3 is 5.97 Å². The number of ketones is 1. The molecule has 0 fully saturated rings. The molecule has 0 saturated heterocycles. The van der Waals surface area contributed by atoms with Crippen LogP contribution in [0, 0.1) is 10.1 Å². The first-order chi connectivity index (χ1) is 16.3. The molecule has 0 amide bonds. The molecule has 0 spiro atoms. The van der Waals surface area contributed by atoms with Crippen molar-refractivity contribution in [3.8, 4) is 0 Å². The van der Waals surface area contributed by atoms with Gasteiger partial charge in [-0.15, -0.1) is 0 Å². The average Bonchev–Trinajstić information content (AvgIpc) is 2.86. The van der Waals surface area contributed by atoms with Gasteiger partial charge in [0, 0.05) is 24.2 Å². The zero-order valence-corrected chi connectivity index (χ0v) is 18.7. The number of aryl methyl sites for hydroxylation is 1. The number of rotatable bonds is 7. The molecule has 0 N–H and O–H groups in total. The van der Waals surface area contributed by atoms with Gasteiger partial charge in [-0.2, -0.15) is 0 Å². The highest BCUT2D eigenvalue weighted by Crippen LogP contribution is 2.32. The smallest absolute Gasteiger partial charge is 0.338 e. The summed E-state index contributed by atoms with van der Waals surface area (Å²) in [7, 11) is -3.92. The van der Waals surface area contributed by atoms with Crippen LogP contribution in [-0.2, 0) is 21.2 Å². The molecule has 4 rings (SSSR count). The maximum atomic E-state index is 13.3. The second-order valence-corrected chi connectivity index (χ2v) is 9.51. The van der Waals surface area contributed by atoms with Gasteiger partial charge in [-0.25, -0.2) is 13.2 Å². The maximum Gasteiger partial charge on any atom is 0.338 e. The molecule has 1 aliphatic heterocycles. The van der Waals surface area contributed by atoms with Crippen molar-refractivity contribution in [3.05, 3.63) is 99.6 Å². The van der Waals surface area contributed by atoms with Crippen molar-refractivity contribution in [2.45, 2.75) is 17.7 Å². The third-order valence-corrected chi connectivity index (χ3v) is 7.25. The number of nitro groups is 1. The fourth-order valence-electron chi connectivity index (χ4n) is 3.75. The highest BCUT2D eigenvalue weighted by atomic mass is 32.2. The lowest BCUT2D eigenvalue weighted by Crippen LogP contribution is -2.35. The van der Waals surface area contributed by atoms with Crippen LogP contribution in [0.15, 0.2) is 77.7 Å². The van der Waals surface area contributed by atoms with Crippen LogP contribution in [0.3, 0.4) is 0 Å². The first kappa shape index (κ1) is 23.1. The monoisotopic (exact) mass is 480 g/mol. The van der Waals surface area contributed by atoms with Crippen LogP contribution in [0.4, 0.5) is 11.4 Å². The first-order valence-corrected chi connectivity index (χ1v) is 11.9. The van der Waals surface area contributed by atoms with Crippen LogP contribution in [-0.4, -0.2) is 38.2 Å². The van der Waals surface area contributed by atoms with E-state index in [2.05, 4.69) is 0 Å². The highest BCUT2D eigenvalue weighted by Gasteiger charge is 2.29. The lowest BCUT2D eigenvalue weighted by atomic mass is 10.0. The van der Waals surface area contributed by atoms with Gasteiger partial charge < -0.3 is 4.74 Å². The van der Waals surface area contributed by atoms with E-state index >= 15 is 0 Å². The largest absolute Gasteiger partial charge is 0.454 e. The minimum Gasteiger partial charge on any atom is -0.454 e. The minimum atomic E-state index is -3.92. The van der Waals surface area contributed by atoms with Crippen molar-refractivity contribution >= 4 is 33.2 Å². The van der Waals surface area contributed by atoms with E-state index < -0.39 is 33.3 Å². The summed E-state index contributed by atoms with van der Waals surface area (Å²) in [5.74, 6) is -1.50. The predicted octanol–water partition coefficient (Wildman–Crippen LogP) is 3.78. The number of carbonyl (C=O) groups is 2. The van der Waals surface area contributed by atoms with Crippen LogP contribution >= 0.6 is 0 Å². The lowest BCUT2D eigenvalue weighted by Gasteiger charge is -2.30. The van der Waals surface area contributed by atoms with E-state index in [0.717, 1.165) is 18.1 Å². The van der Waals surface area contributed by atoms with Gasteiger partial charge in [-0.05, 0) is 42.7 Å². The fourth-order valence-corrected chi connectivity index (χ4v) is 5.34. The van der Waals surface area contributed by atoms with Gasteiger partial charge in [0.1, 0.15) is 0 Å². The molecule has 3 aromatic carbocycles. The van der Waals surface area contributed by atoms with Crippen molar-refractivity contribution in [1.29, 1.82) is 0 Å². The van der Waals surface area contributed by atoms with Crippen molar-refractivity contribution in [3.63, 3.8) is 0 Å². The molecule has 0 radical (unpaired) electrons. The van der Waals surface area contributed by atoms with E-state index in [4.69, 9.17) is 4.74 Å². The SMILES string of the molecule is O=C(COC(=O)c1cccc(S(=O)(=O)N2CCCc3ccccc32)c1)c1cccc([N+](=O)[O-])c1. The van der Waals surface area contributed by atoms with Gasteiger partial charge in [-0.1, -0.05) is 36.4 Å². The number of non-ortho nitro benzene ring substituents is 1. The first-order valence-electron chi connectivity index (χ1n) is 10.4. The molecule has 0 aliphatic carbocycles. The summed E-state index contributed by atoms with van der Waals surface area (Å²) in [6.07, 6.45) is 1.46. The fraction of sp³-hybridized carbons (Fsp3) is 0.167. The summed E-state index contributed by atoms with van der Waals surface area (Å²) >= 11 is 0. The predicted molar refractivity (Wildman–Crippen MR) is 123 cm³/mol. The minimum absolute atomic E-state index is 0.0294. The Bertz CT molecular complexity index is 1390. The number of para-hydroxylation sites is 1. The number of anilines is 1. The summed E-state index contributed by atoms with van der Waals surface area (Å²) in [5.41, 5.74) is 1.30. The molecule has 0 bridgehead atoms. The third-order valence-electron chi connectivity index (χ3n) is 5.44. The average molecular weight is 480 g/mol. The number of sulfonamides is 1. The molecule has 10 heteroatoms. The van der Waals surface area contributed by atoms with Crippen LogP contribution in [0.5, 0.6) is 0 Å². The van der Waals surface area contributed by atoms with Crippen molar-refractivity contribution in [2.75, 3.05) is 17.5 Å². The van der Waals surface area contributed by atoms with Crippen LogP contribution in [0.1, 0.15) is 32.7 Å². The van der Waals surface area contributed by atoms with E-state index in [1.54, 1.807) is 12.1 Å². The molecule has 0 unspecified atom stereocenters. The van der Waals surface area contributed by atoms with E-state index in [1.165, 1.54) is 46.8 Å². The number of hydrogen-bond acceptors (Lipinski definition) is 7. The maximum absolute atomic E-state index is 13.3. The van der Waals surface area contributed by atoms with Crippen molar-refractivity contribution < 1.29 is 27.7 Å². The Morgan fingerprint density at radius 2 is 1.71 bits per heavy atom. The number of nitro benzene ring substituents is 1. The number of carbonyl (C=O) groups excluding carboxylic acids is 2. The molecule has 0 saturated carbocycles. The number of nitrogens with zero attached hydrogens (tertiary/aromatic N) is 2. The Morgan fingerprint density at radius 1 is 0.971 bits per heavy atom. The molecular weight excluding hydrogens is 460 g/mol. The van der Waals surface area contributed by atoms with Crippen LogP contribution < -0.4 is 4.31 Å². The Balaban J connectivity index is 1.50. The summed E-state index contributed by atoms with van der Waals surface area (Å²) in [6, 6.07) is 17.8. The quantitative estimate of drug-likeness (QED) is 0.218. The number of hydrogen-bond donors (Lipinski definition) is 0. The summed E-state index contributed by atoms with van der Waals surface area (Å²) in [6.45, 7) is -0.317. The van der Waals surface area contributed by atoms with E-state index in [1.807, 2.05) is 12.1 Å². The van der Waals surface area contributed by atoms with Gasteiger partial charge in [0.2, 0.25) is 5.78 Å². The molecular formula is C24H20N2O7S. The summed E-state index contributed by atoms with van der Waals surface area (Å²) < 4.78 is 33.0. The molecule has 3 aromatic rings. The van der Waals surface area contributed by atoms with Crippen molar-refractivity contribution in [1.82, 2.24) is 0 Å². The number of benzene rings is 3. The summed E-state index contributed by atoms with van der Waals surface area (Å²) in [5, 5.41) is 10.9.